The van der Waals surface area contributed by atoms with Crippen LogP contribution < -0.4 is 10.6 Å². The summed E-state index contributed by atoms with van der Waals surface area (Å²) in [6, 6.07) is 0.887. The Kier molecular flexibility index (Phi) is 3.82. The molecule has 1 amide bonds. The quantitative estimate of drug-likeness (QED) is 0.721. The highest BCUT2D eigenvalue weighted by Crippen LogP contribution is 2.27. The van der Waals surface area contributed by atoms with Crippen LogP contribution in [0.4, 0.5) is 0 Å². The summed E-state index contributed by atoms with van der Waals surface area (Å²) in [7, 11) is 0. The van der Waals surface area contributed by atoms with Crippen molar-refractivity contribution in [3.63, 3.8) is 0 Å². The van der Waals surface area contributed by atoms with Crippen LogP contribution in [-0.2, 0) is 4.79 Å². The van der Waals surface area contributed by atoms with Crippen LogP contribution in [0, 0.1) is 5.92 Å². The van der Waals surface area contributed by atoms with Crippen molar-refractivity contribution in [3.8, 4) is 0 Å². The normalized spacial score (nSPS) is 30.4. The minimum absolute atomic E-state index is 0.175. The molecule has 2 aliphatic heterocycles. The second-order valence-corrected chi connectivity index (χ2v) is 5.30. The molecule has 0 saturated carbocycles. The molecule has 2 aliphatic rings. The molecule has 92 valence electrons. The topological polar surface area (TPSA) is 44.4 Å². The maximum absolute atomic E-state index is 11.7. The minimum atomic E-state index is 0.175. The summed E-state index contributed by atoms with van der Waals surface area (Å²) in [5.41, 5.74) is 0. The van der Waals surface area contributed by atoms with E-state index in [1.807, 2.05) is 13.8 Å². The molecule has 0 aliphatic carbocycles. The van der Waals surface area contributed by atoms with E-state index in [0.717, 1.165) is 25.6 Å². The van der Waals surface area contributed by atoms with E-state index in [9.17, 15) is 4.79 Å². The van der Waals surface area contributed by atoms with Crippen molar-refractivity contribution in [2.75, 3.05) is 26.2 Å². The molecule has 2 unspecified atom stereocenters. The molecular formula is C12H23N3O. The van der Waals surface area contributed by atoms with Gasteiger partial charge < -0.3 is 10.6 Å². The molecule has 2 rings (SSSR count). The number of hydrogen-bond donors (Lipinski definition) is 2. The number of piperidine rings is 1. The number of amides is 1. The first-order chi connectivity index (χ1) is 7.66. The van der Waals surface area contributed by atoms with Crippen molar-refractivity contribution in [2.24, 2.45) is 5.92 Å². The fraction of sp³-hybridized carbons (Fsp3) is 0.917. The fourth-order valence-electron chi connectivity index (χ4n) is 2.93. The molecule has 2 saturated heterocycles. The van der Waals surface area contributed by atoms with Crippen LogP contribution in [0.25, 0.3) is 0 Å². The zero-order chi connectivity index (χ0) is 11.5. The molecule has 0 spiro atoms. The van der Waals surface area contributed by atoms with Crippen molar-refractivity contribution >= 4 is 5.91 Å². The van der Waals surface area contributed by atoms with Crippen molar-refractivity contribution in [1.82, 2.24) is 15.5 Å². The lowest BCUT2D eigenvalue weighted by molar-refractivity contribution is -0.123. The van der Waals surface area contributed by atoms with E-state index in [0.29, 0.717) is 12.6 Å². The molecule has 2 atom stereocenters. The van der Waals surface area contributed by atoms with Gasteiger partial charge in [0.05, 0.1) is 6.54 Å². The van der Waals surface area contributed by atoms with Crippen LogP contribution in [0.15, 0.2) is 0 Å². The number of fused-ring (bicyclic) bond motifs is 1. The Morgan fingerprint density at radius 3 is 3.06 bits per heavy atom. The molecule has 0 radical (unpaired) electrons. The maximum atomic E-state index is 11.7. The van der Waals surface area contributed by atoms with E-state index >= 15 is 0 Å². The van der Waals surface area contributed by atoms with Crippen LogP contribution in [0.3, 0.4) is 0 Å². The summed E-state index contributed by atoms with van der Waals surface area (Å²) in [5, 5.41) is 6.40. The summed E-state index contributed by atoms with van der Waals surface area (Å²) >= 11 is 0. The summed E-state index contributed by atoms with van der Waals surface area (Å²) in [4.78, 5) is 14.1. The molecule has 0 aromatic carbocycles. The smallest absolute Gasteiger partial charge is 0.234 e. The second-order valence-electron chi connectivity index (χ2n) is 5.30. The highest BCUT2D eigenvalue weighted by Gasteiger charge is 2.36. The van der Waals surface area contributed by atoms with Crippen molar-refractivity contribution in [1.29, 1.82) is 0 Å². The highest BCUT2D eigenvalue weighted by molar-refractivity contribution is 5.78. The second kappa shape index (κ2) is 5.15. The molecule has 4 heteroatoms. The van der Waals surface area contributed by atoms with Crippen LogP contribution in [0.1, 0.15) is 26.7 Å². The fourth-order valence-corrected chi connectivity index (χ4v) is 2.93. The van der Waals surface area contributed by atoms with Gasteiger partial charge in [-0.2, -0.15) is 0 Å². The van der Waals surface area contributed by atoms with Gasteiger partial charge in [-0.05, 0) is 52.2 Å². The number of nitrogens with zero attached hydrogens (tertiary/aromatic N) is 1. The third-order valence-electron chi connectivity index (χ3n) is 3.62. The van der Waals surface area contributed by atoms with Gasteiger partial charge in [0.25, 0.3) is 0 Å². The molecule has 2 heterocycles. The average molecular weight is 225 g/mol. The minimum Gasteiger partial charge on any atom is -0.353 e. The van der Waals surface area contributed by atoms with Crippen LogP contribution >= 0.6 is 0 Å². The lowest BCUT2D eigenvalue weighted by Crippen LogP contribution is -2.47. The average Bonchev–Trinajstić information content (AvgIpc) is 2.61. The van der Waals surface area contributed by atoms with Gasteiger partial charge in [0.1, 0.15) is 0 Å². The number of rotatable bonds is 3. The largest absolute Gasteiger partial charge is 0.353 e. The van der Waals surface area contributed by atoms with E-state index in [1.165, 1.54) is 12.8 Å². The van der Waals surface area contributed by atoms with Gasteiger partial charge >= 0.3 is 0 Å². The highest BCUT2D eigenvalue weighted by atomic mass is 16.2. The molecular weight excluding hydrogens is 202 g/mol. The van der Waals surface area contributed by atoms with Crippen LogP contribution in [0.5, 0.6) is 0 Å². The molecule has 4 nitrogen and oxygen atoms in total. The van der Waals surface area contributed by atoms with Crippen molar-refractivity contribution in [3.05, 3.63) is 0 Å². The van der Waals surface area contributed by atoms with E-state index in [-0.39, 0.29) is 11.9 Å². The Morgan fingerprint density at radius 1 is 1.50 bits per heavy atom. The van der Waals surface area contributed by atoms with E-state index < -0.39 is 0 Å². The van der Waals surface area contributed by atoms with Crippen LogP contribution in [0.2, 0.25) is 0 Å². The van der Waals surface area contributed by atoms with Gasteiger partial charge in [0, 0.05) is 12.1 Å². The summed E-state index contributed by atoms with van der Waals surface area (Å²) < 4.78 is 0. The Balaban J connectivity index is 1.83. The number of carbonyl (C=O) groups excluding carboxylic acids is 1. The predicted octanol–water partition coefficient (Wildman–Crippen LogP) is 0.195. The monoisotopic (exact) mass is 225 g/mol. The number of nitrogens with one attached hydrogen (secondary N) is 2. The van der Waals surface area contributed by atoms with Crippen LogP contribution in [-0.4, -0.2) is 49.1 Å². The van der Waals surface area contributed by atoms with Gasteiger partial charge in [-0.1, -0.05) is 0 Å². The molecule has 16 heavy (non-hydrogen) atoms. The first-order valence-electron chi connectivity index (χ1n) is 6.41. The molecule has 2 fully saturated rings. The summed E-state index contributed by atoms with van der Waals surface area (Å²) in [5.74, 6) is 0.940. The Morgan fingerprint density at radius 2 is 2.31 bits per heavy atom. The first-order valence-corrected chi connectivity index (χ1v) is 6.41. The number of carbonyl (C=O) groups is 1. The lowest BCUT2D eigenvalue weighted by Gasteiger charge is -2.31. The van der Waals surface area contributed by atoms with E-state index in [2.05, 4.69) is 15.5 Å². The zero-order valence-corrected chi connectivity index (χ0v) is 10.3. The standard InChI is InChI=1S/C12H23N3O/c1-9(2)14-12(16)8-15-6-4-10-7-13-5-3-11(10)15/h9-11,13H,3-8H2,1-2H3,(H,14,16). The van der Waals surface area contributed by atoms with Gasteiger partial charge in [0.15, 0.2) is 0 Å². The lowest BCUT2D eigenvalue weighted by atomic mass is 9.94. The summed E-state index contributed by atoms with van der Waals surface area (Å²) in [6.45, 7) is 7.92. The van der Waals surface area contributed by atoms with Gasteiger partial charge in [0.2, 0.25) is 5.91 Å². The molecule has 2 N–H and O–H groups in total. The van der Waals surface area contributed by atoms with Crippen molar-refractivity contribution < 1.29 is 4.79 Å². The first kappa shape index (κ1) is 11.9. The van der Waals surface area contributed by atoms with Gasteiger partial charge in [-0.25, -0.2) is 0 Å². The third-order valence-corrected chi connectivity index (χ3v) is 3.62. The maximum Gasteiger partial charge on any atom is 0.234 e. The number of likely N-dealkylation sites (tertiary alicyclic amines) is 1. The SMILES string of the molecule is CC(C)NC(=O)CN1CCC2CNCCC21. The van der Waals surface area contributed by atoms with Crippen molar-refractivity contribution in [2.45, 2.75) is 38.8 Å². The Hall–Kier alpha value is -0.610. The predicted molar refractivity (Wildman–Crippen MR) is 64.2 cm³/mol. The molecule has 0 aromatic heterocycles. The Bertz CT molecular complexity index is 255. The molecule has 0 aromatic rings. The summed E-state index contributed by atoms with van der Waals surface area (Å²) in [6.07, 6.45) is 2.44. The van der Waals surface area contributed by atoms with E-state index in [4.69, 9.17) is 0 Å². The Labute approximate surface area is 97.8 Å². The zero-order valence-electron chi connectivity index (χ0n) is 10.3. The third kappa shape index (κ3) is 2.74. The van der Waals surface area contributed by atoms with E-state index in [1.54, 1.807) is 0 Å². The van der Waals surface area contributed by atoms with Gasteiger partial charge in [-0.3, -0.25) is 9.69 Å². The molecule has 0 bridgehead atoms. The number of hydrogen-bond acceptors (Lipinski definition) is 3. The van der Waals surface area contributed by atoms with Gasteiger partial charge in [-0.15, -0.1) is 0 Å².